The number of likely N-dealkylation sites (N-methyl/N-ethyl adjacent to an activating group) is 1. The number of hydrogen-bond acceptors (Lipinski definition) is 3. The quantitative estimate of drug-likeness (QED) is 0.857. The summed E-state index contributed by atoms with van der Waals surface area (Å²) in [4.78, 5) is 3.73. The molecule has 2 aromatic rings. The van der Waals surface area contributed by atoms with Gasteiger partial charge in [-0.05, 0) is 49.5 Å². The van der Waals surface area contributed by atoms with Gasteiger partial charge < -0.3 is 5.73 Å². The zero-order valence-corrected chi connectivity index (χ0v) is 14.5. The van der Waals surface area contributed by atoms with Crippen LogP contribution in [0, 0.1) is 6.92 Å². The Kier molecular flexibility index (Phi) is 5.38. The number of aryl methyl sites for hydroxylation is 1. The molecule has 2 rings (SSSR count). The molecule has 0 radical (unpaired) electrons. The van der Waals surface area contributed by atoms with Crippen LogP contribution in [0.5, 0.6) is 0 Å². The molecule has 2 nitrogen and oxygen atoms in total. The first-order valence-corrected chi connectivity index (χ1v) is 8.43. The predicted molar refractivity (Wildman–Crippen MR) is 91.2 cm³/mol. The third kappa shape index (κ3) is 3.31. The summed E-state index contributed by atoms with van der Waals surface area (Å²) in [6.07, 6.45) is 0. The third-order valence-electron chi connectivity index (χ3n) is 3.85. The first-order chi connectivity index (χ1) is 9.54. The van der Waals surface area contributed by atoms with E-state index in [0.717, 1.165) is 4.47 Å². The van der Waals surface area contributed by atoms with E-state index >= 15 is 0 Å². The molecular formula is C16H21BrN2S. The van der Waals surface area contributed by atoms with Crippen LogP contribution in [0.3, 0.4) is 0 Å². The Morgan fingerprint density at radius 2 is 2.10 bits per heavy atom. The second kappa shape index (κ2) is 6.85. The van der Waals surface area contributed by atoms with E-state index in [1.165, 1.54) is 16.0 Å². The van der Waals surface area contributed by atoms with Crippen molar-refractivity contribution >= 4 is 27.3 Å². The highest BCUT2D eigenvalue weighted by Gasteiger charge is 2.22. The molecule has 1 heterocycles. The fraction of sp³-hybridized carbons (Fsp3) is 0.375. The second-order valence-electron chi connectivity index (χ2n) is 5.12. The fourth-order valence-electron chi connectivity index (χ4n) is 2.41. The first-order valence-electron chi connectivity index (χ1n) is 6.76. The molecular weight excluding hydrogens is 332 g/mol. The molecule has 0 fully saturated rings. The van der Waals surface area contributed by atoms with Crippen LogP contribution in [-0.4, -0.2) is 18.5 Å². The Morgan fingerprint density at radius 3 is 2.65 bits per heavy atom. The van der Waals surface area contributed by atoms with Crippen LogP contribution in [0.1, 0.15) is 35.0 Å². The van der Waals surface area contributed by atoms with Crippen molar-refractivity contribution in [2.45, 2.75) is 25.9 Å². The molecule has 0 aliphatic heterocycles. The average molecular weight is 353 g/mol. The molecule has 0 aliphatic rings. The minimum absolute atomic E-state index is 0.235. The molecule has 2 unspecified atom stereocenters. The minimum atomic E-state index is 0.235. The maximum Gasteiger partial charge on any atom is 0.0473 e. The predicted octanol–water partition coefficient (Wildman–Crippen LogP) is 4.51. The number of nitrogens with zero attached hydrogens (tertiary/aromatic N) is 1. The summed E-state index contributed by atoms with van der Waals surface area (Å²) in [5, 5.41) is 2.13. The lowest BCUT2D eigenvalue weighted by atomic mass is 10.0. The van der Waals surface area contributed by atoms with E-state index in [1.54, 1.807) is 11.3 Å². The molecule has 108 valence electrons. The Balaban J connectivity index is 2.24. The van der Waals surface area contributed by atoms with E-state index in [4.69, 9.17) is 5.73 Å². The van der Waals surface area contributed by atoms with Gasteiger partial charge in [0.2, 0.25) is 0 Å². The lowest BCUT2D eigenvalue weighted by Gasteiger charge is -2.32. The summed E-state index contributed by atoms with van der Waals surface area (Å²) in [7, 11) is 2.15. The molecule has 1 aromatic heterocycles. The molecule has 0 spiro atoms. The van der Waals surface area contributed by atoms with Crippen LogP contribution in [0.15, 0.2) is 40.2 Å². The monoisotopic (exact) mass is 352 g/mol. The molecule has 2 N–H and O–H groups in total. The lowest BCUT2D eigenvalue weighted by molar-refractivity contribution is 0.193. The van der Waals surface area contributed by atoms with Crippen molar-refractivity contribution in [1.82, 2.24) is 4.90 Å². The van der Waals surface area contributed by atoms with Crippen LogP contribution in [0.2, 0.25) is 0 Å². The standard InChI is InChI=1S/C16H21BrN2S/c1-11-9-13(6-7-14(11)17)15(10-18)19(3)12(2)16-5-4-8-20-16/h4-9,12,15H,10,18H2,1-3H3. The first kappa shape index (κ1) is 15.7. The topological polar surface area (TPSA) is 29.3 Å². The summed E-state index contributed by atoms with van der Waals surface area (Å²) < 4.78 is 1.14. The fourth-order valence-corrected chi connectivity index (χ4v) is 3.49. The van der Waals surface area contributed by atoms with Crippen molar-refractivity contribution in [3.8, 4) is 0 Å². The van der Waals surface area contributed by atoms with Crippen LogP contribution in [0.4, 0.5) is 0 Å². The van der Waals surface area contributed by atoms with E-state index < -0.39 is 0 Å². The maximum atomic E-state index is 6.04. The Hall–Kier alpha value is -0.680. The molecule has 4 heteroatoms. The van der Waals surface area contributed by atoms with Crippen molar-refractivity contribution in [3.05, 3.63) is 56.2 Å². The highest BCUT2D eigenvalue weighted by atomic mass is 79.9. The van der Waals surface area contributed by atoms with Crippen molar-refractivity contribution < 1.29 is 0 Å². The van der Waals surface area contributed by atoms with Crippen LogP contribution >= 0.6 is 27.3 Å². The minimum Gasteiger partial charge on any atom is -0.329 e. The largest absolute Gasteiger partial charge is 0.329 e. The zero-order chi connectivity index (χ0) is 14.7. The van der Waals surface area contributed by atoms with Gasteiger partial charge in [0.25, 0.3) is 0 Å². The molecule has 0 aliphatic carbocycles. The number of benzene rings is 1. The van der Waals surface area contributed by atoms with Crippen molar-refractivity contribution in [2.24, 2.45) is 5.73 Å². The van der Waals surface area contributed by atoms with Gasteiger partial charge in [-0.2, -0.15) is 0 Å². The van der Waals surface area contributed by atoms with Gasteiger partial charge in [-0.15, -0.1) is 11.3 Å². The summed E-state index contributed by atoms with van der Waals surface area (Å²) >= 11 is 5.35. The van der Waals surface area contributed by atoms with Crippen molar-refractivity contribution in [1.29, 1.82) is 0 Å². The highest BCUT2D eigenvalue weighted by molar-refractivity contribution is 9.10. The maximum absolute atomic E-state index is 6.04. The molecule has 0 saturated carbocycles. The Labute approximate surface area is 133 Å². The van der Waals surface area contributed by atoms with Crippen molar-refractivity contribution in [3.63, 3.8) is 0 Å². The summed E-state index contributed by atoms with van der Waals surface area (Å²) in [6.45, 7) is 4.97. The number of rotatable bonds is 5. The molecule has 1 aromatic carbocycles. The van der Waals surface area contributed by atoms with Gasteiger partial charge in [-0.1, -0.05) is 34.1 Å². The van der Waals surface area contributed by atoms with Gasteiger partial charge in [0.15, 0.2) is 0 Å². The van der Waals surface area contributed by atoms with Gasteiger partial charge in [0.05, 0.1) is 0 Å². The molecule has 2 atom stereocenters. The van der Waals surface area contributed by atoms with Gasteiger partial charge in [-0.3, -0.25) is 4.90 Å². The Morgan fingerprint density at radius 1 is 1.35 bits per heavy atom. The SMILES string of the molecule is Cc1cc(C(CN)N(C)C(C)c2cccs2)ccc1Br. The molecule has 20 heavy (non-hydrogen) atoms. The highest BCUT2D eigenvalue weighted by Crippen LogP contribution is 2.31. The van der Waals surface area contributed by atoms with Gasteiger partial charge in [0.1, 0.15) is 0 Å². The number of hydrogen-bond donors (Lipinski definition) is 1. The van der Waals surface area contributed by atoms with E-state index in [0.29, 0.717) is 12.6 Å². The number of nitrogens with two attached hydrogens (primary N) is 1. The van der Waals surface area contributed by atoms with Crippen LogP contribution in [0.25, 0.3) is 0 Å². The van der Waals surface area contributed by atoms with E-state index in [-0.39, 0.29) is 6.04 Å². The normalized spacial score (nSPS) is 14.5. The molecule has 0 amide bonds. The molecule has 0 bridgehead atoms. The second-order valence-corrected chi connectivity index (χ2v) is 6.95. The van der Waals surface area contributed by atoms with Gasteiger partial charge in [0, 0.05) is 28.0 Å². The summed E-state index contributed by atoms with van der Waals surface area (Å²) in [6, 6.07) is 11.4. The zero-order valence-electron chi connectivity index (χ0n) is 12.1. The number of thiophene rings is 1. The smallest absolute Gasteiger partial charge is 0.0473 e. The summed E-state index contributed by atoms with van der Waals surface area (Å²) in [5.74, 6) is 0. The van der Waals surface area contributed by atoms with E-state index in [9.17, 15) is 0 Å². The number of halogens is 1. The van der Waals surface area contributed by atoms with Gasteiger partial charge >= 0.3 is 0 Å². The summed E-state index contributed by atoms with van der Waals surface area (Å²) in [5.41, 5.74) is 8.56. The Bertz CT molecular complexity index is 554. The average Bonchev–Trinajstić information content (AvgIpc) is 2.96. The van der Waals surface area contributed by atoms with Crippen molar-refractivity contribution in [2.75, 3.05) is 13.6 Å². The lowest BCUT2D eigenvalue weighted by Crippen LogP contribution is -2.32. The van der Waals surface area contributed by atoms with E-state index in [1.807, 2.05) is 0 Å². The third-order valence-corrected chi connectivity index (χ3v) is 5.78. The van der Waals surface area contributed by atoms with Crippen LogP contribution in [-0.2, 0) is 0 Å². The molecule has 0 saturated heterocycles. The van der Waals surface area contributed by atoms with E-state index in [2.05, 4.69) is 77.4 Å². The van der Waals surface area contributed by atoms with Gasteiger partial charge in [-0.25, -0.2) is 0 Å². The van der Waals surface area contributed by atoms with Crippen LogP contribution < -0.4 is 5.73 Å².